The van der Waals surface area contributed by atoms with Gasteiger partial charge in [-0.05, 0) is 24.1 Å². The first-order valence-corrected chi connectivity index (χ1v) is 5.16. The number of hydrogen-bond donors (Lipinski definition) is 1. The summed E-state index contributed by atoms with van der Waals surface area (Å²) in [5.41, 5.74) is 3.01. The fraction of sp³-hybridized carbons (Fsp3) is 0.273. The van der Waals surface area contributed by atoms with E-state index in [4.69, 9.17) is 5.11 Å². The van der Waals surface area contributed by atoms with Crippen molar-refractivity contribution in [3.8, 4) is 11.8 Å². The molecule has 68 valence electrons. The SMILES string of the molecule is Cc1c(C#CCBr)cccc1CO. The van der Waals surface area contributed by atoms with Crippen molar-refractivity contribution in [3.63, 3.8) is 0 Å². The lowest BCUT2D eigenvalue weighted by molar-refractivity contribution is 0.281. The van der Waals surface area contributed by atoms with Crippen molar-refractivity contribution in [1.29, 1.82) is 0 Å². The van der Waals surface area contributed by atoms with Crippen molar-refractivity contribution in [2.75, 3.05) is 5.33 Å². The minimum atomic E-state index is 0.0790. The molecule has 0 bridgehead atoms. The molecule has 1 nitrogen and oxygen atoms in total. The second kappa shape index (κ2) is 5.06. The van der Waals surface area contributed by atoms with Gasteiger partial charge in [-0.2, -0.15) is 0 Å². The van der Waals surface area contributed by atoms with Gasteiger partial charge >= 0.3 is 0 Å². The average molecular weight is 239 g/mol. The molecule has 0 aliphatic rings. The average Bonchev–Trinajstić information content (AvgIpc) is 2.16. The number of rotatable bonds is 1. The van der Waals surface area contributed by atoms with Crippen molar-refractivity contribution in [1.82, 2.24) is 0 Å². The first-order chi connectivity index (χ1) is 6.29. The smallest absolute Gasteiger partial charge is 0.0684 e. The summed E-state index contributed by atoms with van der Waals surface area (Å²) in [6.45, 7) is 2.06. The molecular formula is C11H11BrO. The van der Waals surface area contributed by atoms with Crippen molar-refractivity contribution in [2.45, 2.75) is 13.5 Å². The third-order valence-electron chi connectivity index (χ3n) is 1.91. The lowest BCUT2D eigenvalue weighted by Gasteiger charge is -2.03. The third-order valence-corrected chi connectivity index (χ3v) is 2.19. The normalized spacial score (nSPS) is 9.15. The molecular weight excluding hydrogens is 228 g/mol. The van der Waals surface area contributed by atoms with Crippen LogP contribution in [0.4, 0.5) is 0 Å². The van der Waals surface area contributed by atoms with E-state index in [0.29, 0.717) is 5.33 Å². The second-order valence-corrected chi connectivity index (χ2v) is 3.24. The zero-order valence-electron chi connectivity index (χ0n) is 7.47. The van der Waals surface area contributed by atoms with E-state index in [1.807, 2.05) is 25.1 Å². The zero-order chi connectivity index (χ0) is 9.68. The fourth-order valence-electron chi connectivity index (χ4n) is 1.12. The topological polar surface area (TPSA) is 20.2 Å². The van der Waals surface area contributed by atoms with Crippen LogP contribution in [0, 0.1) is 18.8 Å². The quantitative estimate of drug-likeness (QED) is 0.588. The second-order valence-electron chi connectivity index (χ2n) is 2.68. The predicted molar refractivity (Wildman–Crippen MR) is 57.8 cm³/mol. The van der Waals surface area contributed by atoms with Crippen LogP contribution in [0.25, 0.3) is 0 Å². The molecule has 0 aliphatic carbocycles. The number of aliphatic hydroxyl groups is 1. The van der Waals surface area contributed by atoms with Gasteiger partial charge in [-0.3, -0.25) is 0 Å². The minimum absolute atomic E-state index is 0.0790. The molecule has 1 N–H and O–H groups in total. The first-order valence-electron chi connectivity index (χ1n) is 4.03. The van der Waals surface area contributed by atoms with Crippen LogP contribution >= 0.6 is 15.9 Å². The molecule has 0 amide bonds. The number of hydrogen-bond acceptors (Lipinski definition) is 1. The highest BCUT2D eigenvalue weighted by Crippen LogP contribution is 2.12. The minimum Gasteiger partial charge on any atom is -0.392 e. The Morgan fingerprint density at radius 2 is 2.23 bits per heavy atom. The maximum Gasteiger partial charge on any atom is 0.0684 e. The Hall–Kier alpha value is -0.780. The van der Waals surface area contributed by atoms with Gasteiger partial charge in [-0.15, -0.1) is 0 Å². The number of halogens is 1. The van der Waals surface area contributed by atoms with Crippen LogP contribution in [0.2, 0.25) is 0 Å². The maximum atomic E-state index is 9.01. The van der Waals surface area contributed by atoms with Gasteiger partial charge in [0.2, 0.25) is 0 Å². The molecule has 0 atom stereocenters. The van der Waals surface area contributed by atoms with Gasteiger partial charge in [0, 0.05) is 5.56 Å². The summed E-state index contributed by atoms with van der Waals surface area (Å²) < 4.78 is 0. The zero-order valence-corrected chi connectivity index (χ0v) is 9.06. The Balaban J connectivity index is 3.08. The molecule has 0 heterocycles. The molecule has 2 heteroatoms. The summed E-state index contributed by atoms with van der Waals surface area (Å²) in [5.74, 6) is 5.97. The van der Waals surface area contributed by atoms with Gasteiger partial charge in [0.15, 0.2) is 0 Å². The van der Waals surface area contributed by atoms with E-state index in [0.717, 1.165) is 16.7 Å². The van der Waals surface area contributed by atoms with Gasteiger partial charge in [-0.1, -0.05) is 39.9 Å². The van der Waals surface area contributed by atoms with Gasteiger partial charge in [0.1, 0.15) is 0 Å². The van der Waals surface area contributed by atoms with Crippen molar-refractivity contribution >= 4 is 15.9 Å². The molecule has 1 aromatic rings. The predicted octanol–water partition coefficient (Wildman–Crippen LogP) is 2.23. The molecule has 1 aromatic carbocycles. The number of aliphatic hydroxyl groups excluding tert-OH is 1. The lowest BCUT2D eigenvalue weighted by atomic mass is 10.0. The fourth-order valence-corrected chi connectivity index (χ4v) is 1.26. The summed E-state index contributed by atoms with van der Waals surface area (Å²) in [5, 5.41) is 9.69. The molecule has 0 saturated heterocycles. The number of alkyl halides is 1. The Bertz CT molecular complexity index is 347. The van der Waals surface area contributed by atoms with E-state index >= 15 is 0 Å². The van der Waals surface area contributed by atoms with Crippen LogP contribution < -0.4 is 0 Å². The molecule has 0 fully saturated rings. The van der Waals surface area contributed by atoms with E-state index in [1.54, 1.807) is 0 Å². The van der Waals surface area contributed by atoms with Gasteiger partial charge < -0.3 is 5.11 Å². The van der Waals surface area contributed by atoms with E-state index in [1.165, 1.54) is 0 Å². The van der Waals surface area contributed by atoms with Crippen molar-refractivity contribution in [2.24, 2.45) is 0 Å². The van der Waals surface area contributed by atoms with Gasteiger partial charge in [0.05, 0.1) is 11.9 Å². The van der Waals surface area contributed by atoms with Crippen LogP contribution in [0.15, 0.2) is 18.2 Å². The Morgan fingerprint density at radius 3 is 2.85 bits per heavy atom. The largest absolute Gasteiger partial charge is 0.392 e. The molecule has 0 spiro atoms. The summed E-state index contributed by atoms with van der Waals surface area (Å²) in [4.78, 5) is 0. The summed E-state index contributed by atoms with van der Waals surface area (Å²) in [7, 11) is 0. The Morgan fingerprint density at radius 1 is 1.46 bits per heavy atom. The lowest BCUT2D eigenvalue weighted by Crippen LogP contribution is -1.91. The van der Waals surface area contributed by atoms with Crippen LogP contribution in [0.3, 0.4) is 0 Å². The van der Waals surface area contributed by atoms with Gasteiger partial charge in [0.25, 0.3) is 0 Å². The van der Waals surface area contributed by atoms with Crippen LogP contribution in [-0.2, 0) is 6.61 Å². The third kappa shape index (κ3) is 2.58. The summed E-state index contributed by atoms with van der Waals surface area (Å²) >= 11 is 3.24. The van der Waals surface area contributed by atoms with Crippen LogP contribution in [0.5, 0.6) is 0 Å². The first kappa shape index (κ1) is 10.3. The molecule has 1 rings (SSSR count). The molecule has 0 radical (unpaired) electrons. The highest BCUT2D eigenvalue weighted by atomic mass is 79.9. The molecule has 0 aromatic heterocycles. The number of benzene rings is 1. The molecule has 0 aliphatic heterocycles. The Kier molecular flexibility index (Phi) is 4.01. The van der Waals surface area contributed by atoms with Gasteiger partial charge in [-0.25, -0.2) is 0 Å². The summed E-state index contributed by atoms with van der Waals surface area (Å²) in [6.07, 6.45) is 0. The molecule has 0 unspecified atom stereocenters. The summed E-state index contributed by atoms with van der Waals surface area (Å²) in [6, 6.07) is 5.79. The van der Waals surface area contributed by atoms with Crippen molar-refractivity contribution in [3.05, 3.63) is 34.9 Å². The van der Waals surface area contributed by atoms with Crippen LogP contribution in [0.1, 0.15) is 16.7 Å². The standard InChI is InChI=1S/C11H11BrO/c1-9-10(6-3-7-12)4-2-5-11(9)8-13/h2,4-5,13H,7-8H2,1H3. The van der Waals surface area contributed by atoms with E-state index in [2.05, 4.69) is 27.8 Å². The monoisotopic (exact) mass is 238 g/mol. The molecule has 0 saturated carbocycles. The Labute approximate surface area is 86.9 Å². The van der Waals surface area contributed by atoms with E-state index in [-0.39, 0.29) is 6.61 Å². The highest BCUT2D eigenvalue weighted by Gasteiger charge is 1.99. The van der Waals surface area contributed by atoms with Crippen molar-refractivity contribution < 1.29 is 5.11 Å². The maximum absolute atomic E-state index is 9.01. The molecule has 13 heavy (non-hydrogen) atoms. The highest BCUT2D eigenvalue weighted by molar-refractivity contribution is 9.09. The van der Waals surface area contributed by atoms with E-state index in [9.17, 15) is 0 Å². The van der Waals surface area contributed by atoms with E-state index < -0.39 is 0 Å². The van der Waals surface area contributed by atoms with Crippen LogP contribution in [-0.4, -0.2) is 10.4 Å².